The molecule has 0 bridgehead atoms. The summed E-state index contributed by atoms with van der Waals surface area (Å²) in [5, 5.41) is 3.41. The molecule has 1 aliphatic rings. The zero-order valence-corrected chi connectivity index (χ0v) is 13.8. The van der Waals surface area contributed by atoms with Gasteiger partial charge in [0.2, 0.25) is 10.0 Å². The monoisotopic (exact) mass is 311 g/mol. The fourth-order valence-electron chi connectivity index (χ4n) is 2.34. The molecule has 3 N–H and O–H groups in total. The smallest absolute Gasteiger partial charge is 0.242 e. The van der Waals surface area contributed by atoms with Gasteiger partial charge in [0.05, 0.1) is 16.3 Å². The predicted octanol–water partition coefficient (Wildman–Crippen LogP) is 2.51. The van der Waals surface area contributed by atoms with Gasteiger partial charge in [0.1, 0.15) is 0 Å². The van der Waals surface area contributed by atoms with Gasteiger partial charge in [-0.3, -0.25) is 0 Å². The molecule has 2 rings (SSSR count). The lowest BCUT2D eigenvalue weighted by Crippen LogP contribution is -2.23. The topological polar surface area (TPSA) is 75.4 Å². The molecule has 21 heavy (non-hydrogen) atoms. The zero-order chi connectivity index (χ0) is 15.6. The number of hydrogen-bond donors (Lipinski definition) is 2. The van der Waals surface area contributed by atoms with Crippen molar-refractivity contribution in [3.8, 4) is 0 Å². The number of nitrogen functional groups attached to an aromatic ring is 1. The maximum Gasteiger partial charge on any atom is 0.242 e. The number of sulfonamides is 1. The van der Waals surface area contributed by atoms with Gasteiger partial charge in [-0.2, -0.15) is 0 Å². The van der Waals surface area contributed by atoms with Gasteiger partial charge in [0, 0.05) is 20.1 Å². The average Bonchev–Trinajstić information content (AvgIpc) is 3.23. The fourth-order valence-corrected chi connectivity index (χ4v) is 3.26. The lowest BCUT2D eigenvalue weighted by molar-refractivity contribution is 0.520. The molecule has 1 atom stereocenters. The first-order valence-corrected chi connectivity index (χ1v) is 8.87. The second-order valence-electron chi connectivity index (χ2n) is 5.97. The highest BCUT2D eigenvalue weighted by Crippen LogP contribution is 2.35. The molecule has 1 fully saturated rings. The molecular weight excluding hydrogens is 286 g/mol. The molecule has 118 valence electrons. The van der Waals surface area contributed by atoms with E-state index in [1.165, 1.54) is 31.2 Å². The lowest BCUT2D eigenvalue weighted by Gasteiger charge is -2.20. The highest BCUT2D eigenvalue weighted by atomic mass is 32.2. The van der Waals surface area contributed by atoms with E-state index in [9.17, 15) is 8.42 Å². The number of benzene rings is 1. The van der Waals surface area contributed by atoms with Crippen molar-refractivity contribution >= 4 is 21.4 Å². The minimum atomic E-state index is -3.43. The van der Waals surface area contributed by atoms with Gasteiger partial charge in [-0.1, -0.05) is 19.8 Å². The van der Waals surface area contributed by atoms with Crippen molar-refractivity contribution in [1.82, 2.24) is 4.31 Å². The van der Waals surface area contributed by atoms with Crippen LogP contribution in [0.1, 0.15) is 32.6 Å². The van der Waals surface area contributed by atoms with Crippen molar-refractivity contribution in [2.24, 2.45) is 5.92 Å². The number of nitrogens with two attached hydrogens (primary N) is 1. The highest BCUT2D eigenvalue weighted by molar-refractivity contribution is 7.89. The van der Waals surface area contributed by atoms with E-state index in [1.807, 2.05) is 0 Å². The number of nitrogens with zero attached hydrogens (tertiary/aromatic N) is 1. The minimum absolute atomic E-state index is 0.269. The number of rotatable bonds is 7. The lowest BCUT2D eigenvalue weighted by atomic mass is 10.1. The summed E-state index contributed by atoms with van der Waals surface area (Å²) in [5.41, 5.74) is 7.29. The number of nitrogens with one attached hydrogen (secondary N) is 1. The summed E-state index contributed by atoms with van der Waals surface area (Å²) < 4.78 is 25.6. The van der Waals surface area contributed by atoms with Crippen molar-refractivity contribution in [1.29, 1.82) is 0 Å². The summed E-state index contributed by atoms with van der Waals surface area (Å²) in [7, 11) is -0.375. The van der Waals surface area contributed by atoms with Gasteiger partial charge in [-0.25, -0.2) is 12.7 Å². The summed E-state index contributed by atoms with van der Waals surface area (Å²) >= 11 is 0. The second kappa shape index (κ2) is 6.23. The van der Waals surface area contributed by atoms with E-state index in [2.05, 4.69) is 12.2 Å². The molecular formula is C15H25N3O2S. The Labute approximate surface area is 127 Å². The van der Waals surface area contributed by atoms with Crippen LogP contribution in [-0.4, -0.2) is 32.9 Å². The Bertz CT molecular complexity index is 595. The van der Waals surface area contributed by atoms with Crippen LogP contribution >= 0.6 is 0 Å². The van der Waals surface area contributed by atoms with Crippen LogP contribution in [0.3, 0.4) is 0 Å². The predicted molar refractivity (Wildman–Crippen MR) is 86.8 cm³/mol. The van der Waals surface area contributed by atoms with E-state index in [0.717, 1.165) is 18.8 Å². The molecule has 1 saturated carbocycles. The maximum atomic E-state index is 12.2. The average molecular weight is 311 g/mol. The van der Waals surface area contributed by atoms with Gasteiger partial charge in [-0.15, -0.1) is 0 Å². The summed E-state index contributed by atoms with van der Waals surface area (Å²) in [6.07, 6.45) is 4.74. The Hall–Kier alpha value is -1.27. The maximum absolute atomic E-state index is 12.2. The van der Waals surface area contributed by atoms with Crippen molar-refractivity contribution in [3.05, 3.63) is 18.2 Å². The first kappa shape index (κ1) is 16.1. The molecule has 1 aliphatic carbocycles. The first-order chi connectivity index (χ1) is 9.84. The molecule has 1 unspecified atom stereocenters. The van der Waals surface area contributed by atoms with Crippen molar-refractivity contribution in [3.63, 3.8) is 0 Å². The van der Waals surface area contributed by atoms with Crippen LogP contribution in [0, 0.1) is 5.92 Å². The van der Waals surface area contributed by atoms with Crippen LogP contribution in [-0.2, 0) is 10.0 Å². The highest BCUT2D eigenvalue weighted by Gasteiger charge is 2.25. The van der Waals surface area contributed by atoms with E-state index in [1.54, 1.807) is 18.2 Å². The van der Waals surface area contributed by atoms with E-state index < -0.39 is 10.0 Å². The fraction of sp³-hybridized carbons (Fsp3) is 0.600. The molecule has 5 nitrogen and oxygen atoms in total. The Morgan fingerprint density at radius 2 is 2.05 bits per heavy atom. The van der Waals surface area contributed by atoms with E-state index in [0.29, 0.717) is 17.4 Å². The largest absolute Gasteiger partial charge is 0.397 e. The van der Waals surface area contributed by atoms with Crippen LogP contribution in [0.4, 0.5) is 11.4 Å². The van der Waals surface area contributed by atoms with Crippen molar-refractivity contribution in [2.75, 3.05) is 25.1 Å². The van der Waals surface area contributed by atoms with Crippen LogP contribution in [0.15, 0.2) is 23.1 Å². The van der Waals surface area contributed by atoms with Crippen LogP contribution in [0.25, 0.3) is 0 Å². The summed E-state index contributed by atoms with van der Waals surface area (Å²) in [6.45, 7) is 2.14. The molecule has 0 aliphatic heterocycles. The summed E-state index contributed by atoms with van der Waals surface area (Å²) in [5.74, 6) is 0.817. The normalized spacial score (nSPS) is 17.0. The van der Waals surface area contributed by atoms with Gasteiger partial charge in [0.25, 0.3) is 0 Å². The van der Waals surface area contributed by atoms with E-state index >= 15 is 0 Å². The van der Waals surface area contributed by atoms with Gasteiger partial charge in [0.15, 0.2) is 0 Å². The molecule has 0 spiro atoms. The molecule has 0 saturated heterocycles. The Balaban J connectivity index is 2.22. The Morgan fingerprint density at radius 1 is 1.38 bits per heavy atom. The number of hydrogen-bond acceptors (Lipinski definition) is 4. The standard InChI is InChI=1S/C15H25N3O2S/c1-4-12(9-11-5-6-11)17-15-10-13(7-8-14(15)16)21(19,20)18(2)3/h7-8,10-12,17H,4-6,9,16H2,1-3H3. The Kier molecular flexibility index (Phi) is 4.78. The molecule has 6 heteroatoms. The van der Waals surface area contributed by atoms with Gasteiger partial charge >= 0.3 is 0 Å². The van der Waals surface area contributed by atoms with Crippen LogP contribution in [0.2, 0.25) is 0 Å². The Morgan fingerprint density at radius 3 is 2.57 bits per heavy atom. The molecule has 0 heterocycles. The summed E-state index contributed by atoms with van der Waals surface area (Å²) in [4.78, 5) is 0.269. The van der Waals surface area contributed by atoms with Crippen LogP contribution in [0.5, 0.6) is 0 Å². The van der Waals surface area contributed by atoms with E-state index in [-0.39, 0.29) is 4.90 Å². The third kappa shape index (κ3) is 3.89. The third-order valence-corrected chi connectivity index (χ3v) is 5.78. The van der Waals surface area contributed by atoms with Crippen molar-refractivity contribution in [2.45, 2.75) is 43.5 Å². The molecule has 0 radical (unpaired) electrons. The molecule has 0 aromatic heterocycles. The van der Waals surface area contributed by atoms with Gasteiger partial charge < -0.3 is 11.1 Å². The first-order valence-electron chi connectivity index (χ1n) is 7.43. The van der Waals surface area contributed by atoms with Gasteiger partial charge in [-0.05, 0) is 37.0 Å². The molecule has 0 amide bonds. The van der Waals surface area contributed by atoms with E-state index in [4.69, 9.17) is 5.73 Å². The number of anilines is 2. The zero-order valence-electron chi connectivity index (χ0n) is 13.0. The second-order valence-corrected chi connectivity index (χ2v) is 8.12. The SMILES string of the molecule is CCC(CC1CC1)Nc1cc(S(=O)(=O)N(C)C)ccc1N. The third-order valence-electron chi connectivity index (χ3n) is 3.97. The minimum Gasteiger partial charge on any atom is -0.397 e. The molecule has 1 aromatic carbocycles. The summed E-state index contributed by atoms with van der Waals surface area (Å²) in [6, 6.07) is 5.19. The molecule has 1 aromatic rings. The van der Waals surface area contributed by atoms with Crippen molar-refractivity contribution < 1.29 is 8.42 Å². The van der Waals surface area contributed by atoms with Crippen LogP contribution < -0.4 is 11.1 Å². The quantitative estimate of drug-likeness (QED) is 0.759.